The van der Waals surface area contributed by atoms with Gasteiger partial charge in [0.1, 0.15) is 6.54 Å². The van der Waals surface area contributed by atoms with Crippen molar-refractivity contribution in [3.63, 3.8) is 0 Å². The van der Waals surface area contributed by atoms with E-state index in [1.807, 2.05) is 0 Å². The average molecular weight is 514 g/mol. The van der Waals surface area contributed by atoms with Crippen molar-refractivity contribution < 1.29 is 32.2 Å². The van der Waals surface area contributed by atoms with Crippen LogP contribution >= 0.6 is 15.9 Å². The minimum atomic E-state index is -3.76. The molecule has 10 nitrogen and oxygen atoms in total. The van der Waals surface area contributed by atoms with Crippen LogP contribution in [-0.2, 0) is 14.8 Å². The number of nitrogens with one attached hydrogen (secondary N) is 1. The number of amides is 1. The van der Waals surface area contributed by atoms with Gasteiger partial charge in [-0.2, -0.15) is 5.10 Å². The molecular weight excluding hydrogens is 494 g/mol. The largest absolute Gasteiger partial charge is 0.493 e. The lowest BCUT2D eigenvalue weighted by molar-refractivity contribution is -0.119. The molecule has 0 fully saturated rings. The third-order valence-electron chi connectivity index (χ3n) is 4.23. The average Bonchev–Trinajstić information content (AvgIpc) is 3.17. The highest BCUT2D eigenvalue weighted by Crippen LogP contribution is 2.36. The second-order valence-electron chi connectivity index (χ2n) is 6.33. The van der Waals surface area contributed by atoms with Crippen molar-refractivity contribution >= 4 is 43.8 Å². The van der Waals surface area contributed by atoms with E-state index in [0.29, 0.717) is 33.0 Å². The lowest BCUT2D eigenvalue weighted by Gasteiger charge is -2.22. The Kier molecular flexibility index (Phi) is 6.91. The van der Waals surface area contributed by atoms with E-state index < -0.39 is 22.5 Å². The number of halogens is 1. The number of anilines is 1. The first-order chi connectivity index (χ1) is 14.7. The molecule has 1 heterocycles. The van der Waals surface area contributed by atoms with Gasteiger partial charge in [0, 0.05) is 16.1 Å². The molecule has 0 saturated carbocycles. The molecule has 12 heteroatoms. The van der Waals surface area contributed by atoms with Crippen molar-refractivity contribution in [1.82, 2.24) is 5.43 Å². The fourth-order valence-electron chi connectivity index (χ4n) is 2.75. The summed E-state index contributed by atoms with van der Waals surface area (Å²) in [4.78, 5) is 12.4. The Balaban J connectivity index is 1.73. The SMILES string of the molecule is COc1ccc(N(CC(=O)NN=Cc2cc3c(cc2Br)OCO3)S(C)(=O)=O)cc1OC. The maximum absolute atomic E-state index is 12.4. The molecule has 0 spiro atoms. The van der Waals surface area contributed by atoms with Crippen molar-refractivity contribution in [2.45, 2.75) is 0 Å². The van der Waals surface area contributed by atoms with Crippen LogP contribution in [0.5, 0.6) is 23.0 Å². The topological polar surface area (TPSA) is 116 Å². The van der Waals surface area contributed by atoms with E-state index in [9.17, 15) is 13.2 Å². The molecule has 1 aliphatic rings. The normalized spacial score (nSPS) is 12.6. The Hall–Kier alpha value is -2.99. The van der Waals surface area contributed by atoms with Gasteiger partial charge < -0.3 is 18.9 Å². The number of rotatable bonds is 8. The van der Waals surface area contributed by atoms with Crippen molar-refractivity contribution in [2.24, 2.45) is 5.10 Å². The van der Waals surface area contributed by atoms with Crippen LogP contribution in [0.25, 0.3) is 0 Å². The number of benzene rings is 2. The molecule has 0 aliphatic carbocycles. The monoisotopic (exact) mass is 513 g/mol. The summed E-state index contributed by atoms with van der Waals surface area (Å²) in [6.45, 7) is -0.343. The summed E-state index contributed by atoms with van der Waals surface area (Å²) in [6.07, 6.45) is 2.41. The van der Waals surface area contributed by atoms with Crippen LogP contribution in [0, 0.1) is 0 Å². The molecule has 2 aromatic carbocycles. The number of carbonyl (C=O) groups excluding carboxylic acids is 1. The maximum atomic E-state index is 12.4. The summed E-state index contributed by atoms with van der Waals surface area (Å²) in [5, 5.41) is 3.90. The third kappa shape index (κ3) is 5.39. The number of hydrazone groups is 1. The smallest absolute Gasteiger partial charge is 0.260 e. The summed E-state index contributed by atoms with van der Waals surface area (Å²) in [5.74, 6) is 1.30. The minimum Gasteiger partial charge on any atom is -0.493 e. The number of hydrogen-bond acceptors (Lipinski definition) is 8. The van der Waals surface area contributed by atoms with Crippen LogP contribution < -0.4 is 28.7 Å². The standard InChI is InChI=1S/C19H20BrN3O7S/c1-27-15-5-4-13(7-16(15)28-2)23(31(3,25)26)10-19(24)22-21-9-12-6-17-18(8-14(12)20)30-11-29-17/h4-9H,10-11H2,1-3H3,(H,22,24). The zero-order valence-corrected chi connectivity index (χ0v) is 19.3. The van der Waals surface area contributed by atoms with Gasteiger partial charge in [-0.15, -0.1) is 0 Å². The summed E-state index contributed by atoms with van der Waals surface area (Å²) in [6, 6.07) is 7.98. The van der Waals surface area contributed by atoms with Crippen LogP contribution in [0.1, 0.15) is 5.56 Å². The van der Waals surface area contributed by atoms with Gasteiger partial charge in [-0.1, -0.05) is 0 Å². The Morgan fingerprint density at radius 3 is 2.52 bits per heavy atom. The second-order valence-corrected chi connectivity index (χ2v) is 9.09. The molecule has 0 saturated heterocycles. The number of carbonyl (C=O) groups is 1. The molecular formula is C19H20BrN3O7S. The van der Waals surface area contributed by atoms with E-state index in [4.69, 9.17) is 18.9 Å². The van der Waals surface area contributed by atoms with Crippen LogP contribution in [-0.4, -0.2) is 54.4 Å². The van der Waals surface area contributed by atoms with Crippen LogP contribution in [0.2, 0.25) is 0 Å². The van der Waals surface area contributed by atoms with E-state index in [1.165, 1.54) is 32.6 Å². The predicted molar refractivity (Wildman–Crippen MR) is 118 cm³/mol. The quantitative estimate of drug-likeness (QED) is 0.424. The maximum Gasteiger partial charge on any atom is 0.260 e. The molecule has 0 aromatic heterocycles. The van der Waals surface area contributed by atoms with E-state index in [0.717, 1.165) is 10.6 Å². The van der Waals surface area contributed by atoms with Crippen molar-refractivity contribution in [2.75, 3.05) is 38.1 Å². The number of nitrogens with zero attached hydrogens (tertiary/aromatic N) is 2. The van der Waals surface area contributed by atoms with Gasteiger partial charge in [0.15, 0.2) is 23.0 Å². The van der Waals surface area contributed by atoms with Gasteiger partial charge in [0.05, 0.1) is 32.4 Å². The summed E-state index contributed by atoms with van der Waals surface area (Å²) in [5.41, 5.74) is 3.22. The highest BCUT2D eigenvalue weighted by molar-refractivity contribution is 9.10. The first kappa shape index (κ1) is 22.7. The Morgan fingerprint density at radius 2 is 1.87 bits per heavy atom. The molecule has 0 unspecified atom stereocenters. The second kappa shape index (κ2) is 9.43. The molecule has 1 amide bonds. The van der Waals surface area contributed by atoms with Gasteiger partial charge in [-0.25, -0.2) is 13.8 Å². The first-order valence-corrected chi connectivity index (χ1v) is 11.5. The molecule has 1 N–H and O–H groups in total. The number of fused-ring (bicyclic) bond motifs is 1. The first-order valence-electron chi connectivity index (χ1n) is 8.83. The van der Waals surface area contributed by atoms with Gasteiger partial charge >= 0.3 is 0 Å². The highest BCUT2D eigenvalue weighted by atomic mass is 79.9. The van der Waals surface area contributed by atoms with Crippen molar-refractivity contribution in [3.05, 3.63) is 40.4 Å². The van der Waals surface area contributed by atoms with Crippen molar-refractivity contribution in [1.29, 1.82) is 0 Å². The van der Waals surface area contributed by atoms with Gasteiger partial charge in [-0.3, -0.25) is 9.10 Å². The molecule has 31 heavy (non-hydrogen) atoms. The van der Waals surface area contributed by atoms with Gasteiger partial charge in [-0.05, 0) is 40.2 Å². The minimum absolute atomic E-state index is 0.135. The van der Waals surface area contributed by atoms with E-state index in [-0.39, 0.29) is 12.5 Å². The molecule has 166 valence electrons. The third-order valence-corrected chi connectivity index (χ3v) is 6.05. The number of ether oxygens (including phenoxy) is 4. The highest BCUT2D eigenvalue weighted by Gasteiger charge is 2.22. The van der Waals surface area contributed by atoms with Crippen LogP contribution in [0.3, 0.4) is 0 Å². The summed E-state index contributed by atoms with van der Waals surface area (Å²) in [7, 11) is -0.861. The number of hydrogen-bond donors (Lipinski definition) is 1. The Labute approximate surface area is 187 Å². The lowest BCUT2D eigenvalue weighted by Crippen LogP contribution is -2.39. The Bertz CT molecular complexity index is 1120. The molecule has 2 aromatic rings. The number of sulfonamides is 1. The fourth-order valence-corrected chi connectivity index (χ4v) is 4.02. The van der Waals surface area contributed by atoms with Gasteiger partial charge in [0.2, 0.25) is 16.8 Å². The van der Waals surface area contributed by atoms with Crippen molar-refractivity contribution in [3.8, 4) is 23.0 Å². The van der Waals surface area contributed by atoms with E-state index in [1.54, 1.807) is 18.2 Å². The van der Waals surface area contributed by atoms with Gasteiger partial charge in [0.25, 0.3) is 5.91 Å². The zero-order chi connectivity index (χ0) is 22.6. The number of methoxy groups -OCH3 is 2. The summed E-state index contributed by atoms with van der Waals surface area (Å²) < 4.78 is 47.1. The molecule has 0 atom stereocenters. The van der Waals surface area contributed by atoms with E-state index in [2.05, 4.69) is 26.5 Å². The van der Waals surface area contributed by atoms with E-state index >= 15 is 0 Å². The molecule has 0 bridgehead atoms. The van der Waals surface area contributed by atoms with Crippen LogP contribution in [0.4, 0.5) is 5.69 Å². The molecule has 1 aliphatic heterocycles. The molecule has 3 rings (SSSR count). The zero-order valence-electron chi connectivity index (χ0n) is 16.9. The molecule has 0 radical (unpaired) electrons. The predicted octanol–water partition coefficient (Wildman–Crippen LogP) is 2.11. The fraction of sp³-hybridized carbons (Fsp3) is 0.263. The lowest BCUT2D eigenvalue weighted by atomic mass is 10.2. The Morgan fingerprint density at radius 1 is 1.19 bits per heavy atom. The summed E-state index contributed by atoms with van der Waals surface area (Å²) >= 11 is 3.39. The van der Waals surface area contributed by atoms with Crippen LogP contribution in [0.15, 0.2) is 39.9 Å².